The van der Waals surface area contributed by atoms with Crippen LogP contribution in [-0.4, -0.2) is 28.4 Å². The number of rotatable bonds is 4. The first-order valence-electron chi connectivity index (χ1n) is 7.71. The molecule has 2 aromatic heterocycles. The average molecular weight is 322 g/mol. The van der Waals surface area contributed by atoms with Gasteiger partial charge in [0.1, 0.15) is 17.9 Å². The number of nitrogens with one attached hydrogen (secondary N) is 1. The zero-order chi connectivity index (χ0) is 15.7. The maximum absolute atomic E-state index is 11.0. The van der Waals surface area contributed by atoms with E-state index >= 15 is 0 Å². The molecule has 1 fully saturated rings. The normalized spacial score (nSPS) is 22.1. The number of carbonyl (C=O) groups excluding carboxylic acids is 1. The number of carboxylic acids is 1. The fourth-order valence-corrected chi connectivity index (χ4v) is 3.33. The summed E-state index contributed by atoms with van der Waals surface area (Å²) in [5.74, 6) is -0.318. The topological polar surface area (TPSA) is 61.9 Å². The Kier molecular flexibility index (Phi) is 4.36. The summed E-state index contributed by atoms with van der Waals surface area (Å²) in [7, 11) is 0. The second-order valence-electron chi connectivity index (χ2n) is 6.24. The number of carbonyl (C=O) groups is 1. The van der Waals surface area contributed by atoms with E-state index in [4.69, 9.17) is 11.6 Å². The quantitative estimate of drug-likeness (QED) is 0.868. The number of nitrogens with zero attached hydrogens (tertiary/aromatic N) is 2. The van der Waals surface area contributed by atoms with Crippen LogP contribution >= 0.6 is 11.6 Å². The summed E-state index contributed by atoms with van der Waals surface area (Å²) in [5, 5.41) is 11.6. The highest BCUT2D eigenvalue weighted by atomic mass is 35.5. The van der Waals surface area contributed by atoms with E-state index in [-0.39, 0.29) is 6.42 Å². The highest BCUT2D eigenvalue weighted by Gasteiger charge is 2.22. The largest absolute Gasteiger partial charge is 0.550 e. The number of pyridine rings is 1. The number of aromatic nitrogens is 2. The second kappa shape index (κ2) is 6.26. The van der Waals surface area contributed by atoms with Gasteiger partial charge in [0.05, 0.1) is 23.8 Å². The van der Waals surface area contributed by atoms with E-state index in [2.05, 4.69) is 11.9 Å². The summed E-state index contributed by atoms with van der Waals surface area (Å²) in [6.45, 7) is 5.28. The maximum Gasteiger partial charge on any atom is 0.137 e. The van der Waals surface area contributed by atoms with Crippen LogP contribution in [0.25, 0.3) is 5.65 Å². The first kappa shape index (κ1) is 15.3. The molecule has 2 aromatic rings. The Hall–Kier alpha value is -1.59. The fraction of sp³-hybridized carbons (Fsp3) is 0.500. The number of imidazole rings is 1. The van der Waals surface area contributed by atoms with Gasteiger partial charge in [-0.25, -0.2) is 4.98 Å². The van der Waals surface area contributed by atoms with Crippen molar-refractivity contribution < 1.29 is 14.8 Å². The van der Waals surface area contributed by atoms with Crippen LogP contribution in [0.3, 0.4) is 0 Å². The summed E-state index contributed by atoms with van der Waals surface area (Å²) >= 11 is 6.08. The van der Waals surface area contributed by atoms with Crippen LogP contribution in [0, 0.1) is 5.92 Å². The molecule has 1 aliphatic rings. The molecule has 1 N–H and O–H groups in total. The van der Waals surface area contributed by atoms with Crippen LogP contribution in [0.4, 0.5) is 0 Å². The summed E-state index contributed by atoms with van der Waals surface area (Å²) in [6, 6.07) is 3.59. The van der Waals surface area contributed by atoms with Crippen molar-refractivity contribution in [3.63, 3.8) is 0 Å². The van der Waals surface area contributed by atoms with Crippen LogP contribution in [0.5, 0.6) is 0 Å². The third kappa shape index (κ3) is 3.25. The summed E-state index contributed by atoms with van der Waals surface area (Å²) < 4.78 is 1.92. The molecule has 22 heavy (non-hydrogen) atoms. The van der Waals surface area contributed by atoms with Crippen molar-refractivity contribution in [1.82, 2.24) is 9.38 Å². The van der Waals surface area contributed by atoms with Crippen molar-refractivity contribution in [2.45, 2.75) is 32.7 Å². The third-order valence-corrected chi connectivity index (χ3v) is 4.70. The third-order valence-electron chi connectivity index (χ3n) is 4.47. The zero-order valence-electron chi connectivity index (χ0n) is 12.6. The van der Waals surface area contributed by atoms with Crippen LogP contribution in [0.1, 0.15) is 31.2 Å². The molecule has 118 valence electrons. The first-order valence-corrected chi connectivity index (χ1v) is 8.09. The van der Waals surface area contributed by atoms with E-state index < -0.39 is 5.97 Å². The van der Waals surface area contributed by atoms with Crippen LogP contribution in [-0.2, 0) is 17.8 Å². The molecular formula is C16H20ClN3O2. The average Bonchev–Trinajstić information content (AvgIpc) is 2.78. The molecule has 0 saturated carbocycles. The van der Waals surface area contributed by atoms with E-state index in [1.165, 1.54) is 17.7 Å². The first-order chi connectivity index (χ1) is 10.5. The van der Waals surface area contributed by atoms with Gasteiger partial charge in [-0.1, -0.05) is 18.5 Å². The number of hydrogen-bond donors (Lipinski definition) is 1. The van der Waals surface area contributed by atoms with Gasteiger partial charge in [0, 0.05) is 18.6 Å². The Morgan fingerprint density at radius 1 is 1.45 bits per heavy atom. The van der Waals surface area contributed by atoms with E-state index in [9.17, 15) is 9.90 Å². The van der Waals surface area contributed by atoms with E-state index in [1.54, 1.807) is 6.07 Å². The number of halogens is 1. The Balaban J connectivity index is 1.93. The Morgan fingerprint density at radius 3 is 2.86 bits per heavy atom. The zero-order valence-corrected chi connectivity index (χ0v) is 13.4. The lowest BCUT2D eigenvalue weighted by Crippen LogP contribution is -3.11. The van der Waals surface area contributed by atoms with Gasteiger partial charge in [-0.15, -0.1) is 0 Å². The number of hydrogen-bond acceptors (Lipinski definition) is 3. The molecule has 0 atom stereocenters. The Bertz CT molecular complexity index is 690. The lowest BCUT2D eigenvalue weighted by atomic mass is 9.99. The van der Waals surface area contributed by atoms with Crippen molar-refractivity contribution >= 4 is 23.2 Å². The van der Waals surface area contributed by atoms with Gasteiger partial charge in [-0.05, 0) is 30.9 Å². The number of piperidine rings is 1. The smallest absolute Gasteiger partial charge is 0.137 e. The number of quaternary nitrogens is 1. The molecule has 0 unspecified atom stereocenters. The summed E-state index contributed by atoms with van der Waals surface area (Å²) in [5.41, 5.74) is 2.26. The number of fused-ring (bicyclic) bond motifs is 1. The van der Waals surface area contributed by atoms with Gasteiger partial charge < -0.3 is 14.8 Å². The molecule has 3 heterocycles. The van der Waals surface area contributed by atoms with Gasteiger partial charge in [0.25, 0.3) is 0 Å². The standard InChI is InChI=1S/C16H20ClN3O2/c1-11-4-6-19(7-5-11)10-14-13(8-16(21)22)18-15-3-2-12(17)9-20(14)15/h2-3,9,11H,4-8,10H2,1H3,(H,21,22). The molecule has 6 heteroatoms. The van der Waals surface area contributed by atoms with Crippen LogP contribution < -0.4 is 10.0 Å². The van der Waals surface area contributed by atoms with Crippen LogP contribution in [0.15, 0.2) is 18.3 Å². The lowest BCUT2D eigenvalue weighted by molar-refractivity contribution is -0.920. The summed E-state index contributed by atoms with van der Waals surface area (Å²) in [4.78, 5) is 16.9. The molecular weight excluding hydrogens is 302 g/mol. The minimum Gasteiger partial charge on any atom is -0.550 e. The highest BCUT2D eigenvalue weighted by molar-refractivity contribution is 6.30. The SMILES string of the molecule is CC1CC[NH+](Cc2c(CC(=O)[O-])nc3ccc(Cl)cn23)CC1. The molecule has 1 aliphatic heterocycles. The van der Waals surface area contributed by atoms with E-state index in [0.29, 0.717) is 10.7 Å². The molecule has 0 aliphatic carbocycles. The van der Waals surface area contributed by atoms with E-state index in [1.807, 2.05) is 16.7 Å². The molecule has 0 bridgehead atoms. The molecule has 0 amide bonds. The molecule has 1 saturated heterocycles. The van der Waals surface area contributed by atoms with Gasteiger partial charge in [-0.3, -0.25) is 4.40 Å². The predicted molar refractivity (Wildman–Crippen MR) is 81.7 cm³/mol. The molecule has 0 aromatic carbocycles. The van der Waals surface area contributed by atoms with E-state index in [0.717, 1.165) is 36.9 Å². The van der Waals surface area contributed by atoms with Gasteiger partial charge >= 0.3 is 0 Å². The maximum atomic E-state index is 11.0. The fourth-order valence-electron chi connectivity index (χ4n) is 3.17. The predicted octanol–water partition coefficient (Wildman–Crippen LogP) is 0.0949. The van der Waals surface area contributed by atoms with Gasteiger partial charge in [-0.2, -0.15) is 0 Å². The van der Waals surface area contributed by atoms with Crippen molar-refractivity contribution in [1.29, 1.82) is 0 Å². The van der Waals surface area contributed by atoms with Gasteiger partial charge in [0.2, 0.25) is 0 Å². The molecule has 5 nitrogen and oxygen atoms in total. The lowest BCUT2D eigenvalue weighted by Gasteiger charge is -2.27. The van der Waals surface area contributed by atoms with Crippen molar-refractivity contribution in [3.05, 3.63) is 34.7 Å². The Labute approximate surface area is 134 Å². The second-order valence-corrected chi connectivity index (χ2v) is 6.68. The number of carboxylic acid groups (broad SMARTS) is 1. The highest BCUT2D eigenvalue weighted by Crippen LogP contribution is 2.17. The van der Waals surface area contributed by atoms with Gasteiger partial charge in [0.15, 0.2) is 0 Å². The molecule has 0 radical (unpaired) electrons. The van der Waals surface area contributed by atoms with Crippen molar-refractivity contribution in [2.24, 2.45) is 5.92 Å². The summed E-state index contributed by atoms with van der Waals surface area (Å²) in [6.07, 6.45) is 4.08. The number of aliphatic carboxylic acids is 1. The van der Waals surface area contributed by atoms with Crippen molar-refractivity contribution in [3.8, 4) is 0 Å². The van der Waals surface area contributed by atoms with Crippen molar-refractivity contribution in [2.75, 3.05) is 13.1 Å². The number of likely N-dealkylation sites (tertiary alicyclic amines) is 1. The monoisotopic (exact) mass is 321 g/mol. The molecule has 3 rings (SSSR count). The minimum atomic E-state index is -1.10. The minimum absolute atomic E-state index is 0.154. The van der Waals surface area contributed by atoms with Crippen LogP contribution in [0.2, 0.25) is 5.02 Å². The molecule has 0 spiro atoms. The Morgan fingerprint density at radius 2 is 2.18 bits per heavy atom.